The van der Waals surface area contributed by atoms with Gasteiger partial charge >= 0.3 is 0 Å². The Labute approximate surface area is 180 Å². The van der Waals surface area contributed by atoms with Crippen LogP contribution in [0.5, 0.6) is 0 Å². The number of sulfone groups is 1. The van der Waals surface area contributed by atoms with Crippen molar-refractivity contribution in [3.05, 3.63) is 108 Å². The molecule has 1 heterocycles. The van der Waals surface area contributed by atoms with Gasteiger partial charge in [0.2, 0.25) is 5.89 Å². The van der Waals surface area contributed by atoms with E-state index in [0.29, 0.717) is 28.4 Å². The number of nitrogens with zero attached hydrogens (tertiary/aromatic N) is 1. The van der Waals surface area contributed by atoms with Crippen molar-refractivity contribution in [3.63, 3.8) is 0 Å². The number of benzene rings is 3. The highest BCUT2D eigenvalue weighted by molar-refractivity contribution is 7.89. The van der Waals surface area contributed by atoms with Gasteiger partial charge in [-0.15, -0.1) is 0 Å². The van der Waals surface area contributed by atoms with Crippen LogP contribution in [0.25, 0.3) is 11.5 Å². The van der Waals surface area contributed by atoms with E-state index >= 15 is 0 Å². The first-order valence-corrected chi connectivity index (χ1v) is 11.5. The van der Waals surface area contributed by atoms with E-state index in [1.54, 1.807) is 36.4 Å². The van der Waals surface area contributed by atoms with Gasteiger partial charge in [-0.25, -0.2) is 13.4 Å². The van der Waals surface area contributed by atoms with E-state index in [-0.39, 0.29) is 17.4 Å². The highest BCUT2D eigenvalue weighted by atomic mass is 32.2. The van der Waals surface area contributed by atoms with Gasteiger partial charge in [0.15, 0.2) is 9.84 Å². The number of nitrogens with one attached hydrogen (secondary N) is 1. The first-order valence-electron chi connectivity index (χ1n) is 9.64. The summed E-state index contributed by atoms with van der Waals surface area (Å²) in [6, 6.07) is 25.0. The third-order valence-corrected chi connectivity index (χ3v) is 6.06. The highest BCUT2D eigenvalue weighted by Gasteiger charge is 2.18. The van der Waals surface area contributed by atoms with Crippen molar-refractivity contribution < 1.29 is 17.6 Å². The molecular formula is C24H20N2O4S. The van der Waals surface area contributed by atoms with Gasteiger partial charge in [0.1, 0.15) is 6.26 Å². The number of amides is 1. The molecule has 0 spiro atoms. The molecule has 4 aromatic rings. The molecule has 31 heavy (non-hydrogen) atoms. The Morgan fingerprint density at radius 1 is 0.871 bits per heavy atom. The van der Waals surface area contributed by atoms with Crippen molar-refractivity contribution >= 4 is 21.4 Å². The van der Waals surface area contributed by atoms with Crippen LogP contribution in [0.2, 0.25) is 0 Å². The number of carbonyl (C=O) groups excluding carboxylic acids is 1. The Bertz CT molecular complexity index is 1280. The molecule has 6 nitrogen and oxygen atoms in total. The van der Waals surface area contributed by atoms with Gasteiger partial charge in [-0.1, -0.05) is 48.5 Å². The van der Waals surface area contributed by atoms with Crippen molar-refractivity contribution in [2.75, 3.05) is 5.32 Å². The first kappa shape index (κ1) is 20.6. The summed E-state index contributed by atoms with van der Waals surface area (Å²) in [6.45, 7) is 0. The van der Waals surface area contributed by atoms with Crippen molar-refractivity contribution in [2.45, 2.75) is 11.5 Å². The lowest BCUT2D eigenvalue weighted by Crippen LogP contribution is -2.13. The Kier molecular flexibility index (Phi) is 5.95. The molecule has 0 aliphatic carbocycles. The summed E-state index contributed by atoms with van der Waals surface area (Å²) in [5.41, 5.74) is 2.72. The zero-order valence-corrected chi connectivity index (χ0v) is 17.4. The summed E-state index contributed by atoms with van der Waals surface area (Å²) in [5, 5.41) is 2.80. The molecule has 0 fully saturated rings. The largest absolute Gasteiger partial charge is 0.444 e. The number of hydrogen-bond acceptors (Lipinski definition) is 5. The second kappa shape index (κ2) is 8.97. The Balaban J connectivity index is 1.44. The molecule has 0 aliphatic heterocycles. The molecule has 0 aliphatic rings. The summed E-state index contributed by atoms with van der Waals surface area (Å²) in [5.74, 6) is -0.364. The third kappa shape index (κ3) is 5.46. The summed E-state index contributed by atoms with van der Waals surface area (Å²) in [7, 11) is -3.51. The lowest BCUT2D eigenvalue weighted by molar-refractivity contribution is 0.102. The Morgan fingerprint density at radius 2 is 1.58 bits per heavy atom. The van der Waals surface area contributed by atoms with Crippen LogP contribution >= 0.6 is 0 Å². The van der Waals surface area contributed by atoms with Crippen molar-refractivity contribution in [1.82, 2.24) is 4.98 Å². The zero-order valence-electron chi connectivity index (χ0n) is 16.6. The van der Waals surface area contributed by atoms with Crippen molar-refractivity contribution in [2.24, 2.45) is 0 Å². The lowest BCUT2D eigenvalue weighted by atomic mass is 10.1. The smallest absolute Gasteiger partial charge is 0.255 e. The maximum atomic E-state index is 12.7. The van der Waals surface area contributed by atoms with Crippen LogP contribution in [-0.4, -0.2) is 19.3 Å². The molecule has 1 aromatic heterocycles. The molecule has 1 N–H and O–H groups in total. The van der Waals surface area contributed by atoms with Crippen LogP contribution in [-0.2, 0) is 21.3 Å². The molecule has 0 unspecified atom stereocenters. The fourth-order valence-electron chi connectivity index (χ4n) is 3.14. The number of hydrogen-bond donors (Lipinski definition) is 1. The van der Waals surface area contributed by atoms with Gasteiger partial charge in [0, 0.05) is 16.8 Å². The van der Waals surface area contributed by atoms with E-state index in [2.05, 4.69) is 10.3 Å². The summed E-state index contributed by atoms with van der Waals surface area (Å²) in [4.78, 5) is 16.8. The maximum Gasteiger partial charge on any atom is 0.255 e. The van der Waals surface area contributed by atoms with E-state index in [1.807, 2.05) is 48.5 Å². The van der Waals surface area contributed by atoms with Crippen LogP contribution in [0, 0.1) is 0 Å². The van der Waals surface area contributed by atoms with Crippen LogP contribution in [0.15, 0.2) is 95.6 Å². The van der Waals surface area contributed by atoms with Gasteiger partial charge in [-0.2, -0.15) is 0 Å². The molecular weight excluding hydrogens is 412 g/mol. The SMILES string of the molecule is O=C(Nc1ccccc1)c1cccc(CS(=O)(=O)Cc2coc(-c3ccccc3)n2)c1. The fourth-order valence-corrected chi connectivity index (χ4v) is 4.52. The van der Waals surface area contributed by atoms with Crippen LogP contribution in [0.4, 0.5) is 5.69 Å². The second-order valence-electron chi connectivity index (χ2n) is 7.06. The van der Waals surface area contributed by atoms with Gasteiger partial charge in [0.05, 0.1) is 17.2 Å². The number of aromatic nitrogens is 1. The standard InChI is InChI=1S/C24H20N2O4S/c27-23(25-21-12-5-2-6-13-21)20-11-7-8-18(14-20)16-31(28,29)17-22-15-30-24(26-22)19-9-3-1-4-10-19/h1-15H,16-17H2,(H,25,27). The molecule has 1 amide bonds. The molecule has 156 valence electrons. The number of anilines is 1. The van der Waals surface area contributed by atoms with E-state index in [1.165, 1.54) is 6.26 Å². The zero-order chi connectivity index (χ0) is 21.7. The van der Waals surface area contributed by atoms with Crippen molar-refractivity contribution in [1.29, 1.82) is 0 Å². The van der Waals surface area contributed by atoms with Gasteiger partial charge < -0.3 is 9.73 Å². The molecule has 0 atom stereocenters. The average Bonchev–Trinajstić information content (AvgIpc) is 3.22. The summed E-state index contributed by atoms with van der Waals surface area (Å²) >= 11 is 0. The van der Waals surface area contributed by atoms with Gasteiger partial charge in [-0.05, 0) is 42.0 Å². The monoisotopic (exact) mass is 432 g/mol. The van der Waals surface area contributed by atoms with Crippen LogP contribution in [0.3, 0.4) is 0 Å². The highest BCUT2D eigenvalue weighted by Crippen LogP contribution is 2.20. The molecule has 0 bridgehead atoms. The summed E-state index contributed by atoms with van der Waals surface area (Å²) in [6.07, 6.45) is 1.36. The fraction of sp³-hybridized carbons (Fsp3) is 0.0833. The molecule has 0 radical (unpaired) electrons. The first-order chi connectivity index (χ1) is 15.0. The predicted molar refractivity (Wildman–Crippen MR) is 119 cm³/mol. The minimum absolute atomic E-state index is 0.201. The molecule has 0 saturated heterocycles. The second-order valence-corrected chi connectivity index (χ2v) is 9.13. The molecule has 4 rings (SSSR count). The minimum atomic E-state index is -3.51. The normalized spacial score (nSPS) is 11.2. The van der Waals surface area contributed by atoms with E-state index in [0.717, 1.165) is 5.56 Å². The Morgan fingerprint density at radius 3 is 2.32 bits per heavy atom. The van der Waals surface area contributed by atoms with Crippen LogP contribution < -0.4 is 5.32 Å². The molecule has 7 heteroatoms. The van der Waals surface area contributed by atoms with Gasteiger partial charge in [-0.3, -0.25) is 4.79 Å². The predicted octanol–water partition coefficient (Wildman–Crippen LogP) is 4.71. The third-order valence-electron chi connectivity index (χ3n) is 4.55. The summed E-state index contributed by atoms with van der Waals surface area (Å²) < 4.78 is 30.8. The number of para-hydroxylation sites is 1. The van der Waals surface area contributed by atoms with Crippen LogP contribution in [0.1, 0.15) is 21.6 Å². The molecule has 3 aromatic carbocycles. The average molecular weight is 433 g/mol. The van der Waals surface area contributed by atoms with Crippen molar-refractivity contribution in [3.8, 4) is 11.5 Å². The van der Waals surface area contributed by atoms with E-state index in [4.69, 9.17) is 4.42 Å². The lowest BCUT2D eigenvalue weighted by Gasteiger charge is -2.07. The number of carbonyl (C=O) groups is 1. The Hall–Kier alpha value is -3.71. The quantitative estimate of drug-likeness (QED) is 0.457. The van der Waals surface area contributed by atoms with E-state index < -0.39 is 9.84 Å². The number of oxazole rings is 1. The van der Waals surface area contributed by atoms with E-state index in [9.17, 15) is 13.2 Å². The molecule has 0 saturated carbocycles. The topological polar surface area (TPSA) is 89.3 Å². The van der Waals surface area contributed by atoms with Gasteiger partial charge in [0.25, 0.3) is 5.91 Å². The minimum Gasteiger partial charge on any atom is -0.444 e. The maximum absolute atomic E-state index is 12.7. The number of rotatable bonds is 7.